The van der Waals surface area contributed by atoms with Crippen LogP contribution in [0.1, 0.15) is 24.0 Å². The first-order valence-corrected chi connectivity index (χ1v) is 10.3. The summed E-state index contributed by atoms with van der Waals surface area (Å²) < 4.78 is 27.6. The van der Waals surface area contributed by atoms with Crippen LogP contribution >= 0.6 is 0 Å². The third-order valence-electron chi connectivity index (χ3n) is 4.72. The van der Waals surface area contributed by atoms with Gasteiger partial charge in [-0.05, 0) is 36.6 Å². The fraction of sp³-hybridized carbons (Fsp3) is 0.316. The second kappa shape index (κ2) is 7.96. The van der Waals surface area contributed by atoms with Crippen molar-refractivity contribution in [3.8, 4) is 6.07 Å². The molecule has 1 saturated heterocycles. The lowest BCUT2D eigenvalue weighted by Crippen LogP contribution is -2.30. The van der Waals surface area contributed by atoms with E-state index in [1.165, 1.54) is 16.4 Å². The van der Waals surface area contributed by atoms with E-state index in [1.807, 2.05) is 6.07 Å². The van der Waals surface area contributed by atoms with Crippen LogP contribution < -0.4 is 4.90 Å². The number of nitro benzene ring substituents is 1. The summed E-state index contributed by atoms with van der Waals surface area (Å²) in [6.45, 7) is 1.19. The van der Waals surface area contributed by atoms with Gasteiger partial charge in [-0.2, -0.15) is 9.57 Å². The van der Waals surface area contributed by atoms with Crippen LogP contribution in [-0.2, 0) is 16.6 Å². The maximum atomic E-state index is 13.1. The van der Waals surface area contributed by atoms with Crippen LogP contribution in [0.25, 0.3) is 0 Å². The van der Waals surface area contributed by atoms with Crippen molar-refractivity contribution in [2.75, 3.05) is 25.0 Å². The zero-order valence-electron chi connectivity index (χ0n) is 15.4. The van der Waals surface area contributed by atoms with Gasteiger partial charge in [0, 0.05) is 38.8 Å². The van der Waals surface area contributed by atoms with Crippen molar-refractivity contribution >= 4 is 21.4 Å². The van der Waals surface area contributed by atoms with E-state index < -0.39 is 14.9 Å². The van der Waals surface area contributed by atoms with Crippen molar-refractivity contribution in [1.82, 2.24) is 4.31 Å². The minimum absolute atomic E-state index is 0.0671. The second-order valence-electron chi connectivity index (χ2n) is 6.69. The number of rotatable bonds is 6. The highest BCUT2D eigenvalue weighted by Gasteiger charge is 2.31. The third kappa shape index (κ3) is 3.98. The summed E-state index contributed by atoms with van der Waals surface area (Å²) in [5.74, 6) is 0. The second-order valence-corrected chi connectivity index (χ2v) is 8.59. The summed E-state index contributed by atoms with van der Waals surface area (Å²) >= 11 is 0. The first-order valence-electron chi connectivity index (χ1n) is 8.81. The SMILES string of the molecule is CN(Cc1cccc(C#N)c1)c1ccc([N+](=O)[O-])cc1S(=O)(=O)N1CCCC1. The van der Waals surface area contributed by atoms with Crippen molar-refractivity contribution in [3.05, 3.63) is 63.7 Å². The Balaban J connectivity index is 2.01. The summed E-state index contributed by atoms with van der Waals surface area (Å²) in [4.78, 5) is 12.3. The molecule has 1 aliphatic heterocycles. The van der Waals surface area contributed by atoms with Gasteiger partial charge < -0.3 is 4.90 Å². The molecule has 0 saturated carbocycles. The standard InChI is InChI=1S/C19H20N4O4S/c1-21(14-16-6-4-5-15(11-16)13-20)18-8-7-17(23(24)25)12-19(18)28(26,27)22-9-2-3-10-22/h4-8,11-12H,2-3,9-10,14H2,1H3. The number of non-ortho nitro benzene ring substituents is 1. The van der Waals surface area contributed by atoms with E-state index in [1.54, 1.807) is 30.1 Å². The minimum atomic E-state index is -3.84. The molecule has 2 aromatic carbocycles. The largest absolute Gasteiger partial charge is 0.369 e. The molecule has 0 unspecified atom stereocenters. The molecule has 0 amide bonds. The van der Waals surface area contributed by atoms with E-state index in [2.05, 4.69) is 6.07 Å². The highest BCUT2D eigenvalue weighted by Crippen LogP contribution is 2.33. The molecule has 28 heavy (non-hydrogen) atoms. The van der Waals surface area contributed by atoms with Gasteiger partial charge in [0.1, 0.15) is 4.90 Å². The van der Waals surface area contributed by atoms with Gasteiger partial charge in [-0.1, -0.05) is 12.1 Å². The lowest BCUT2D eigenvalue weighted by molar-refractivity contribution is -0.385. The number of hydrogen-bond acceptors (Lipinski definition) is 6. The predicted octanol–water partition coefficient (Wildman–Crippen LogP) is 2.89. The van der Waals surface area contributed by atoms with Crippen LogP contribution in [-0.4, -0.2) is 37.8 Å². The molecule has 2 aromatic rings. The Bertz CT molecular complexity index is 1040. The molecular formula is C19H20N4O4S. The molecule has 1 aliphatic rings. The number of nitriles is 1. The summed E-state index contributed by atoms with van der Waals surface area (Å²) in [7, 11) is -2.12. The van der Waals surface area contributed by atoms with Gasteiger partial charge in [0.2, 0.25) is 10.0 Å². The maximum absolute atomic E-state index is 13.1. The molecule has 0 aliphatic carbocycles. The average molecular weight is 400 g/mol. The Morgan fingerprint density at radius 2 is 1.93 bits per heavy atom. The molecule has 0 atom stereocenters. The Morgan fingerprint density at radius 1 is 1.21 bits per heavy atom. The molecule has 0 N–H and O–H groups in total. The number of nitrogens with zero attached hydrogens (tertiary/aromatic N) is 4. The highest BCUT2D eigenvalue weighted by atomic mass is 32.2. The molecular weight excluding hydrogens is 380 g/mol. The van der Waals surface area contributed by atoms with Gasteiger partial charge in [0.15, 0.2) is 0 Å². The summed E-state index contributed by atoms with van der Waals surface area (Å²) in [6.07, 6.45) is 1.56. The van der Waals surface area contributed by atoms with Gasteiger partial charge in [-0.25, -0.2) is 8.42 Å². The van der Waals surface area contributed by atoms with Crippen molar-refractivity contribution < 1.29 is 13.3 Å². The van der Waals surface area contributed by atoms with E-state index >= 15 is 0 Å². The van der Waals surface area contributed by atoms with E-state index in [4.69, 9.17) is 5.26 Å². The molecule has 9 heteroatoms. The number of anilines is 1. The fourth-order valence-electron chi connectivity index (χ4n) is 3.30. The van der Waals surface area contributed by atoms with E-state index in [0.29, 0.717) is 30.9 Å². The molecule has 0 spiro atoms. The smallest absolute Gasteiger partial charge is 0.270 e. The predicted molar refractivity (Wildman–Crippen MR) is 104 cm³/mol. The van der Waals surface area contributed by atoms with Gasteiger partial charge in [-0.15, -0.1) is 0 Å². The summed E-state index contributed by atoms with van der Waals surface area (Å²) in [6, 6.07) is 13.0. The van der Waals surface area contributed by atoms with Crippen LogP contribution in [0.4, 0.5) is 11.4 Å². The molecule has 146 valence electrons. The molecule has 0 bridgehead atoms. The number of nitro groups is 1. The van der Waals surface area contributed by atoms with E-state index in [-0.39, 0.29) is 10.6 Å². The van der Waals surface area contributed by atoms with Crippen LogP contribution in [0, 0.1) is 21.4 Å². The molecule has 8 nitrogen and oxygen atoms in total. The lowest BCUT2D eigenvalue weighted by atomic mass is 10.1. The monoisotopic (exact) mass is 400 g/mol. The molecule has 1 heterocycles. The van der Waals surface area contributed by atoms with Crippen molar-refractivity contribution in [2.24, 2.45) is 0 Å². The Labute approximate surface area is 163 Å². The zero-order chi connectivity index (χ0) is 20.3. The fourth-order valence-corrected chi connectivity index (χ4v) is 5.08. The van der Waals surface area contributed by atoms with Gasteiger partial charge in [-0.3, -0.25) is 10.1 Å². The van der Waals surface area contributed by atoms with Gasteiger partial charge >= 0.3 is 0 Å². The Kier molecular flexibility index (Phi) is 5.63. The lowest BCUT2D eigenvalue weighted by Gasteiger charge is -2.24. The van der Waals surface area contributed by atoms with Crippen LogP contribution in [0.15, 0.2) is 47.4 Å². The Hall–Kier alpha value is -2.96. The van der Waals surface area contributed by atoms with Crippen molar-refractivity contribution in [1.29, 1.82) is 5.26 Å². The highest BCUT2D eigenvalue weighted by molar-refractivity contribution is 7.89. The first kappa shape index (κ1) is 19.8. The average Bonchev–Trinajstić information content (AvgIpc) is 3.23. The van der Waals surface area contributed by atoms with Gasteiger partial charge in [0.25, 0.3) is 5.69 Å². The maximum Gasteiger partial charge on any atom is 0.270 e. The van der Waals surface area contributed by atoms with E-state index in [9.17, 15) is 18.5 Å². The number of sulfonamides is 1. The van der Waals surface area contributed by atoms with Crippen LogP contribution in [0.3, 0.4) is 0 Å². The van der Waals surface area contributed by atoms with E-state index in [0.717, 1.165) is 24.5 Å². The number of hydrogen-bond donors (Lipinski definition) is 0. The minimum Gasteiger partial charge on any atom is -0.369 e. The first-order chi connectivity index (χ1) is 13.3. The van der Waals surface area contributed by atoms with Crippen LogP contribution in [0.5, 0.6) is 0 Å². The van der Waals surface area contributed by atoms with Crippen molar-refractivity contribution in [3.63, 3.8) is 0 Å². The molecule has 3 rings (SSSR count). The number of benzene rings is 2. The Morgan fingerprint density at radius 3 is 2.57 bits per heavy atom. The third-order valence-corrected chi connectivity index (χ3v) is 6.65. The summed E-state index contributed by atoms with van der Waals surface area (Å²) in [5.41, 5.74) is 1.48. The topological polar surface area (TPSA) is 108 Å². The molecule has 0 aromatic heterocycles. The zero-order valence-corrected chi connectivity index (χ0v) is 16.2. The van der Waals surface area contributed by atoms with Crippen LogP contribution in [0.2, 0.25) is 0 Å². The van der Waals surface area contributed by atoms with Crippen molar-refractivity contribution in [2.45, 2.75) is 24.3 Å². The van der Waals surface area contributed by atoms with Gasteiger partial charge in [0.05, 0.1) is 22.2 Å². The molecule has 1 fully saturated rings. The quantitative estimate of drug-likeness (QED) is 0.545. The normalized spacial score (nSPS) is 14.6. The summed E-state index contributed by atoms with van der Waals surface area (Å²) in [5, 5.41) is 20.3. The molecule has 0 radical (unpaired) electrons.